The SMILES string of the molecule is CC1=NN(c2cc(Cl)c(S(=O)(=O)O)cc2Cl)C(=O)C1N=Nc1ccc(S(=O)(=O)O)cc1.[NaH].[NaH]. The van der Waals surface area contributed by atoms with Crippen LogP contribution in [0.4, 0.5) is 11.4 Å². The average Bonchev–Trinajstić information content (AvgIpc) is 2.94. The second-order valence-corrected chi connectivity index (χ2v) is 9.81. The summed E-state index contributed by atoms with van der Waals surface area (Å²) in [6.07, 6.45) is 0. The number of rotatable bonds is 5. The molecule has 33 heavy (non-hydrogen) atoms. The van der Waals surface area contributed by atoms with Crippen molar-refractivity contribution in [1.29, 1.82) is 0 Å². The summed E-state index contributed by atoms with van der Waals surface area (Å²) in [6, 6.07) is 5.62. The summed E-state index contributed by atoms with van der Waals surface area (Å²) in [5, 5.41) is 12.1. The van der Waals surface area contributed by atoms with Gasteiger partial charge in [0.1, 0.15) is 4.90 Å². The second kappa shape index (κ2) is 11.5. The Morgan fingerprint density at radius 3 is 2.06 bits per heavy atom. The minimum absolute atomic E-state index is 0. The molecule has 0 aliphatic carbocycles. The number of hydrazone groups is 1. The molecule has 2 N–H and O–H groups in total. The summed E-state index contributed by atoms with van der Waals surface area (Å²) in [5.41, 5.74) is 0.429. The summed E-state index contributed by atoms with van der Waals surface area (Å²) in [4.78, 5) is 11.8. The molecule has 1 aliphatic heterocycles. The molecule has 0 bridgehead atoms. The van der Waals surface area contributed by atoms with E-state index in [0.717, 1.165) is 29.3 Å². The van der Waals surface area contributed by atoms with Crippen molar-refractivity contribution in [3.63, 3.8) is 0 Å². The van der Waals surface area contributed by atoms with Crippen molar-refractivity contribution in [3.05, 3.63) is 46.4 Å². The van der Waals surface area contributed by atoms with Gasteiger partial charge >= 0.3 is 59.1 Å². The molecule has 0 saturated heterocycles. The molecule has 0 fully saturated rings. The molecule has 11 nitrogen and oxygen atoms in total. The number of benzene rings is 2. The number of carbonyl (C=O) groups excluding carboxylic acids is 1. The van der Waals surface area contributed by atoms with Crippen molar-refractivity contribution in [2.45, 2.75) is 22.8 Å². The fraction of sp³-hybridized carbons (Fsp3) is 0.125. The third-order valence-electron chi connectivity index (χ3n) is 4.03. The van der Waals surface area contributed by atoms with E-state index in [4.69, 9.17) is 27.8 Å². The molecule has 0 spiro atoms. The molecule has 1 aliphatic rings. The number of amides is 1. The number of anilines is 1. The standard InChI is InChI=1S/C16H12Cl2N4O7S2.2Na.2H/c1-8-15(20-19-9-2-4-10(5-3-9)30(24,25)26)16(23)22(21-8)13-6-12(18)14(7-11(13)17)31(27,28)29;;;;/h2-7,15H,1H3,(H,24,25,26)(H,27,28,29);;;;. The Kier molecular flexibility index (Phi) is 10.7. The Morgan fingerprint density at radius 2 is 1.55 bits per heavy atom. The first-order valence-electron chi connectivity index (χ1n) is 8.13. The molecule has 0 aromatic heterocycles. The van der Waals surface area contributed by atoms with Gasteiger partial charge in [-0.3, -0.25) is 13.9 Å². The molecular weight excluding hydrogens is 541 g/mol. The molecule has 1 atom stereocenters. The van der Waals surface area contributed by atoms with E-state index < -0.39 is 37.1 Å². The average molecular weight is 555 g/mol. The number of hydrogen-bond acceptors (Lipinski definition) is 8. The zero-order valence-electron chi connectivity index (χ0n) is 15.3. The van der Waals surface area contributed by atoms with Gasteiger partial charge < -0.3 is 0 Å². The van der Waals surface area contributed by atoms with Crippen molar-refractivity contribution in [3.8, 4) is 0 Å². The molecule has 168 valence electrons. The van der Waals surface area contributed by atoms with Crippen molar-refractivity contribution in [1.82, 2.24) is 0 Å². The molecule has 3 rings (SSSR count). The summed E-state index contributed by atoms with van der Waals surface area (Å²) >= 11 is 11.9. The van der Waals surface area contributed by atoms with Gasteiger partial charge in [-0.1, -0.05) is 23.2 Å². The Balaban J connectivity index is 0.00000272. The van der Waals surface area contributed by atoms with Gasteiger partial charge in [0.25, 0.3) is 26.1 Å². The van der Waals surface area contributed by atoms with Crippen molar-refractivity contribution in [2.24, 2.45) is 15.3 Å². The van der Waals surface area contributed by atoms with E-state index in [1.165, 1.54) is 19.1 Å². The number of halogens is 2. The van der Waals surface area contributed by atoms with E-state index in [0.29, 0.717) is 0 Å². The molecule has 2 aromatic carbocycles. The Labute approximate surface area is 243 Å². The first kappa shape index (κ1) is 30.6. The number of carbonyl (C=O) groups is 1. The van der Waals surface area contributed by atoms with Gasteiger partial charge in [-0.05, 0) is 43.3 Å². The predicted octanol–water partition coefficient (Wildman–Crippen LogP) is 2.06. The Morgan fingerprint density at radius 1 is 0.970 bits per heavy atom. The van der Waals surface area contributed by atoms with Gasteiger partial charge in [-0.15, -0.1) is 0 Å². The van der Waals surface area contributed by atoms with Crippen LogP contribution in [-0.4, -0.2) is 103 Å². The van der Waals surface area contributed by atoms with Crippen LogP contribution in [0.1, 0.15) is 6.92 Å². The van der Waals surface area contributed by atoms with Crippen LogP contribution in [0.3, 0.4) is 0 Å². The van der Waals surface area contributed by atoms with Crippen molar-refractivity contribution in [2.75, 3.05) is 5.01 Å². The third kappa shape index (κ3) is 7.06. The first-order valence-corrected chi connectivity index (χ1v) is 11.8. The summed E-state index contributed by atoms with van der Waals surface area (Å²) < 4.78 is 62.9. The molecule has 2 aromatic rings. The number of azo groups is 1. The van der Waals surface area contributed by atoms with Crippen LogP contribution in [-0.2, 0) is 25.0 Å². The van der Waals surface area contributed by atoms with Gasteiger partial charge in [0.05, 0.1) is 32.0 Å². The molecule has 1 amide bonds. The van der Waals surface area contributed by atoms with Crippen LogP contribution in [0, 0.1) is 0 Å². The van der Waals surface area contributed by atoms with Crippen LogP contribution in [0.2, 0.25) is 10.0 Å². The molecule has 1 heterocycles. The van der Waals surface area contributed by atoms with Gasteiger partial charge in [0.2, 0.25) is 0 Å². The van der Waals surface area contributed by atoms with E-state index >= 15 is 0 Å². The van der Waals surface area contributed by atoms with E-state index in [-0.39, 0.29) is 91.1 Å². The predicted molar refractivity (Wildman–Crippen MR) is 126 cm³/mol. The fourth-order valence-corrected chi connectivity index (χ4v) is 4.36. The monoisotopic (exact) mass is 554 g/mol. The minimum atomic E-state index is -4.63. The summed E-state index contributed by atoms with van der Waals surface area (Å²) in [6.45, 7) is 1.51. The molecule has 17 heteroatoms. The molecular formula is C16H14Cl2N4Na2O7S2. The van der Waals surface area contributed by atoms with Gasteiger partial charge in [-0.25, -0.2) is 0 Å². The van der Waals surface area contributed by atoms with Gasteiger partial charge in [0.15, 0.2) is 6.04 Å². The van der Waals surface area contributed by atoms with Crippen molar-refractivity contribution < 1.29 is 30.7 Å². The maximum absolute atomic E-state index is 12.7. The van der Waals surface area contributed by atoms with Crippen LogP contribution in [0.25, 0.3) is 0 Å². The quantitative estimate of drug-likeness (QED) is 0.324. The zero-order valence-corrected chi connectivity index (χ0v) is 18.5. The van der Waals surface area contributed by atoms with E-state index in [9.17, 15) is 26.2 Å². The normalized spacial score (nSPS) is 16.4. The maximum atomic E-state index is 12.7. The molecule has 1 unspecified atom stereocenters. The van der Waals surface area contributed by atoms with Gasteiger partial charge in [0, 0.05) is 0 Å². The summed E-state index contributed by atoms with van der Waals surface area (Å²) in [7, 11) is -8.98. The number of hydrogen-bond donors (Lipinski definition) is 2. The third-order valence-corrected chi connectivity index (χ3v) is 6.52. The van der Waals surface area contributed by atoms with Crippen LogP contribution in [0.15, 0.2) is 61.5 Å². The first-order chi connectivity index (χ1) is 14.3. The fourth-order valence-electron chi connectivity index (χ4n) is 2.55. The summed E-state index contributed by atoms with van der Waals surface area (Å²) in [5.74, 6) is -0.659. The zero-order chi connectivity index (χ0) is 23.1. The van der Waals surface area contributed by atoms with Gasteiger partial charge in [-0.2, -0.15) is 37.2 Å². The van der Waals surface area contributed by atoms with Crippen molar-refractivity contribution >= 4 is 126 Å². The van der Waals surface area contributed by atoms with Crippen LogP contribution < -0.4 is 5.01 Å². The van der Waals surface area contributed by atoms with E-state index in [1.54, 1.807) is 0 Å². The molecule has 0 saturated carbocycles. The number of nitrogens with zero attached hydrogens (tertiary/aromatic N) is 4. The molecule has 0 radical (unpaired) electrons. The van der Waals surface area contributed by atoms with E-state index in [2.05, 4.69) is 15.3 Å². The Hall–Kier alpha value is -0.420. The van der Waals surface area contributed by atoms with Crippen LogP contribution >= 0.6 is 23.2 Å². The van der Waals surface area contributed by atoms with E-state index in [1.807, 2.05) is 0 Å². The Bertz CT molecular complexity index is 1350. The van der Waals surface area contributed by atoms with Crippen LogP contribution in [0.5, 0.6) is 0 Å². The second-order valence-electron chi connectivity index (χ2n) is 6.19. The topological polar surface area (TPSA) is 166 Å².